The van der Waals surface area contributed by atoms with Crippen molar-refractivity contribution >= 4 is 11.5 Å². The molecule has 0 bridgehead atoms. The summed E-state index contributed by atoms with van der Waals surface area (Å²) < 4.78 is 1.74. The molecule has 1 heterocycles. The molecule has 1 aliphatic rings. The molecular formula is C10H18N4. The minimum absolute atomic E-state index is 0.114. The molecule has 3 N–H and O–H groups in total. The Bertz CT molecular complexity index is 336. The normalized spacial score (nSPS) is 17.1. The number of anilines is 2. The number of aryl methyl sites for hydroxylation is 1. The smallest absolute Gasteiger partial charge is 0.171 e. The standard InChI is InChI=1S/C10H18N4/c1-10(2,7-4-5-7)12-9-8(11)6-14(3)13-9/h6-7H,4-5,11H2,1-3H3,(H,12,13). The van der Waals surface area contributed by atoms with Gasteiger partial charge in [0, 0.05) is 18.8 Å². The Morgan fingerprint density at radius 2 is 2.21 bits per heavy atom. The molecule has 0 aromatic carbocycles. The second-order valence-electron chi connectivity index (χ2n) is 4.73. The van der Waals surface area contributed by atoms with Crippen LogP contribution < -0.4 is 11.1 Å². The van der Waals surface area contributed by atoms with Crippen LogP contribution in [0.2, 0.25) is 0 Å². The highest BCUT2D eigenvalue weighted by molar-refractivity contribution is 5.61. The van der Waals surface area contributed by atoms with Gasteiger partial charge in [-0.05, 0) is 32.6 Å². The molecule has 0 saturated heterocycles. The monoisotopic (exact) mass is 194 g/mol. The van der Waals surface area contributed by atoms with Gasteiger partial charge >= 0.3 is 0 Å². The lowest BCUT2D eigenvalue weighted by Crippen LogP contribution is -2.33. The molecule has 0 spiro atoms. The summed E-state index contributed by atoms with van der Waals surface area (Å²) in [7, 11) is 1.88. The van der Waals surface area contributed by atoms with Gasteiger partial charge in [0.15, 0.2) is 5.82 Å². The van der Waals surface area contributed by atoms with Crippen LogP contribution in [0.1, 0.15) is 26.7 Å². The molecule has 0 aliphatic heterocycles. The molecule has 0 atom stereocenters. The molecule has 14 heavy (non-hydrogen) atoms. The van der Waals surface area contributed by atoms with Gasteiger partial charge in [0.1, 0.15) is 0 Å². The highest BCUT2D eigenvalue weighted by atomic mass is 15.3. The summed E-state index contributed by atoms with van der Waals surface area (Å²) in [6.45, 7) is 4.41. The molecule has 1 aromatic rings. The van der Waals surface area contributed by atoms with Gasteiger partial charge in [0.2, 0.25) is 0 Å². The van der Waals surface area contributed by atoms with E-state index in [9.17, 15) is 0 Å². The Labute approximate surface area is 84.5 Å². The van der Waals surface area contributed by atoms with Crippen LogP contribution in [0.25, 0.3) is 0 Å². The van der Waals surface area contributed by atoms with Crippen LogP contribution in [0.3, 0.4) is 0 Å². The van der Waals surface area contributed by atoms with Crippen molar-refractivity contribution in [2.75, 3.05) is 11.1 Å². The van der Waals surface area contributed by atoms with E-state index in [2.05, 4.69) is 24.3 Å². The van der Waals surface area contributed by atoms with Gasteiger partial charge in [0.25, 0.3) is 0 Å². The van der Waals surface area contributed by atoms with Gasteiger partial charge < -0.3 is 11.1 Å². The fraction of sp³-hybridized carbons (Fsp3) is 0.700. The molecule has 78 valence electrons. The number of aromatic nitrogens is 2. The summed E-state index contributed by atoms with van der Waals surface area (Å²) in [5.74, 6) is 1.58. The first-order chi connectivity index (χ1) is 6.49. The lowest BCUT2D eigenvalue weighted by Gasteiger charge is -2.26. The third kappa shape index (κ3) is 1.69. The van der Waals surface area contributed by atoms with E-state index in [4.69, 9.17) is 5.73 Å². The maximum Gasteiger partial charge on any atom is 0.171 e. The summed E-state index contributed by atoms with van der Waals surface area (Å²) >= 11 is 0. The largest absolute Gasteiger partial charge is 0.394 e. The van der Waals surface area contributed by atoms with E-state index >= 15 is 0 Å². The molecule has 1 aromatic heterocycles. The van der Waals surface area contributed by atoms with Crippen molar-refractivity contribution in [2.24, 2.45) is 13.0 Å². The van der Waals surface area contributed by atoms with E-state index in [1.54, 1.807) is 4.68 Å². The topological polar surface area (TPSA) is 55.9 Å². The van der Waals surface area contributed by atoms with Gasteiger partial charge in [-0.3, -0.25) is 4.68 Å². The Hall–Kier alpha value is -1.19. The van der Waals surface area contributed by atoms with Crippen molar-refractivity contribution in [3.05, 3.63) is 6.20 Å². The van der Waals surface area contributed by atoms with Crippen LogP contribution in [0, 0.1) is 5.92 Å². The van der Waals surface area contributed by atoms with Crippen molar-refractivity contribution in [3.63, 3.8) is 0 Å². The van der Waals surface area contributed by atoms with Gasteiger partial charge in [-0.1, -0.05) is 0 Å². The van der Waals surface area contributed by atoms with Gasteiger partial charge in [-0.2, -0.15) is 5.10 Å². The Morgan fingerprint density at radius 1 is 1.57 bits per heavy atom. The summed E-state index contributed by atoms with van der Waals surface area (Å²) in [5, 5.41) is 7.70. The highest BCUT2D eigenvalue weighted by Crippen LogP contribution is 2.41. The summed E-state index contributed by atoms with van der Waals surface area (Å²) in [6.07, 6.45) is 4.45. The SMILES string of the molecule is Cn1cc(N)c(NC(C)(C)C2CC2)n1. The average Bonchev–Trinajstić information content (AvgIpc) is 2.80. The maximum absolute atomic E-state index is 5.82. The number of hydrogen-bond donors (Lipinski definition) is 2. The van der Waals surface area contributed by atoms with Crippen LogP contribution in [0.4, 0.5) is 11.5 Å². The van der Waals surface area contributed by atoms with Crippen LogP contribution >= 0.6 is 0 Å². The van der Waals surface area contributed by atoms with E-state index < -0.39 is 0 Å². The van der Waals surface area contributed by atoms with Crippen molar-refractivity contribution in [1.29, 1.82) is 0 Å². The van der Waals surface area contributed by atoms with Crippen LogP contribution in [-0.2, 0) is 7.05 Å². The van der Waals surface area contributed by atoms with Gasteiger partial charge in [0.05, 0.1) is 5.69 Å². The quantitative estimate of drug-likeness (QED) is 0.768. The predicted molar refractivity (Wildman–Crippen MR) is 58.0 cm³/mol. The summed E-state index contributed by atoms with van der Waals surface area (Å²) in [6, 6.07) is 0. The average molecular weight is 194 g/mol. The maximum atomic E-state index is 5.82. The first kappa shape index (κ1) is 9.37. The van der Waals surface area contributed by atoms with E-state index in [0.717, 1.165) is 17.4 Å². The molecule has 0 unspecified atom stereocenters. The van der Waals surface area contributed by atoms with Crippen molar-refractivity contribution in [1.82, 2.24) is 9.78 Å². The number of nitrogens with two attached hydrogens (primary N) is 1. The molecule has 0 radical (unpaired) electrons. The third-order valence-corrected chi connectivity index (χ3v) is 2.90. The lowest BCUT2D eigenvalue weighted by molar-refractivity contribution is 0.491. The zero-order valence-corrected chi connectivity index (χ0v) is 9.04. The Morgan fingerprint density at radius 3 is 2.64 bits per heavy atom. The van der Waals surface area contributed by atoms with Crippen LogP contribution in [-0.4, -0.2) is 15.3 Å². The molecule has 4 nitrogen and oxygen atoms in total. The summed E-state index contributed by atoms with van der Waals surface area (Å²) in [4.78, 5) is 0. The zero-order chi connectivity index (χ0) is 10.3. The minimum atomic E-state index is 0.114. The summed E-state index contributed by atoms with van der Waals surface area (Å²) in [5.41, 5.74) is 6.66. The van der Waals surface area contributed by atoms with Crippen LogP contribution in [0.5, 0.6) is 0 Å². The Balaban J connectivity index is 2.13. The van der Waals surface area contributed by atoms with E-state index in [1.165, 1.54) is 12.8 Å². The molecule has 4 heteroatoms. The first-order valence-electron chi connectivity index (χ1n) is 5.06. The van der Waals surface area contributed by atoms with E-state index in [-0.39, 0.29) is 5.54 Å². The molecule has 2 rings (SSSR count). The first-order valence-corrected chi connectivity index (χ1v) is 5.06. The number of nitrogens with one attached hydrogen (secondary N) is 1. The predicted octanol–water partition coefficient (Wildman–Crippen LogP) is 1.60. The second kappa shape index (κ2) is 2.90. The van der Waals surface area contributed by atoms with Crippen molar-refractivity contribution in [3.8, 4) is 0 Å². The molecule has 1 fully saturated rings. The lowest BCUT2D eigenvalue weighted by atomic mass is 9.99. The fourth-order valence-electron chi connectivity index (χ4n) is 1.82. The molecule has 1 saturated carbocycles. The van der Waals surface area contributed by atoms with Crippen molar-refractivity contribution < 1.29 is 0 Å². The zero-order valence-electron chi connectivity index (χ0n) is 9.04. The molecular weight excluding hydrogens is 176 g/mol. The molecule has 1 aliphatic carbocycles. The molecule has 0 amide bonds. The van der Waals surface area contributed by atoms with Crippen molar-refractivity contribution in [2.45, 2.75) is 32.2 Å². The van der Waals surface area contributed by atoms with Crippen LogP contribution in [0.15, 0.2) is 6.20 Å². The van der Waals surface area contributed by atoms with Gasteiger partial charge in [-0.15, -0.1) is 0 Å². The van der Waals surface area contributed by atoms with Gasteiger partial charge in [-0.25, -0.2) is 0 Å². The number of rotatable bonds is 3. The van der Waals surface area contributed by atoms with E-state index in [1.807, 2.05) is 13.2 Å². The number of hydrogen-bond acceptors (Lipinski definition) is 3. The Kier molecular flexibility index (Phi) is 1.94. The number of nitrogen functional groups attached to an aromatic ring is 1. The number of nitrogens with zero attached hydrogens (tertiary/aromatic N) is 2. The minimum Gasteiger partial charge on any atom is -0.394 e. The third-order valence-electron chi connectivity index (χ3n) is 2.90. The highest BCUT2D eigenvalue weighted by Gasteiger charge is 2.38. The fourth-order valence-corrected chi connectivity index (χ4v) is 1.82. The van der Waals surface area contributed by atoms with E-state index in [0.29, 0.717) is 0 Å². The second-order valence-corrected chi connectivity index (χ2v) is 4.73.